The molecule has 0 rings (SSSR count). The Labute approximate surface area is 330 Å². The summed E-state index contributed by atoms with van der Waals surface area (Å²) in [6, 6.07) is 0. The Bertz CT molecular complexity index is 870. The molecule has 0 radical (unpaired) electrons. The lowest BCUT2D eigenvalue weighted by molar-refractivity contribution is -0.154. The fourth-order valence-electron chi connectivity index (χ4n) is 6.43. The van der Waals surface area contributed by atoms with Crippen LogP contribution in [0.2, 0.25) is 0 Å². The van der Waals surface area contributed by atoms with Crippen molar-refractivity contribution in [2.45, 2.75) is 225 Å². The topological polar surface area (TPSA) is 55.8 Å². The van der Waals surface area contributed by atoms with E-state index in [1.54, 1.807) is 0 Å². The third-order valence-electron chi connectivity index (χ3n) is 9.83. The molecule has 0 aromatic carbocycles. The van der Waals surface area contributed by atoms with Crippen molar-refractivity contribution in [3.8, 4) is 0 Å². The number of carbonyl (C=O) groups excluding carboxylic acids is 1. The summed E-state index contributed by atoms with van der Waals surface area (Å²) < 4.78 is 11.2. The van der Waals surface area contributed by atoms with Crippen LogP contribution in [0.25, 0.3) is 0 Å². The predicted molar refractivity (Wildman–Crippen MR) is 233 cm³/mol. The molecule has 0 bridgehead atoms. The largest absolute Gasteiger partial charge is 0.457 e. The minimum atomic E-state index is -0.543. The average molecular weight is 741 g/mol. The van der Waals surface area contributed by atoms with E-state index in [1.165, 1.54) is 148 Å². The zero-order valence-corrected chi connectivity index (χ0v) is 35.3. The van der Waals surface area contributed by atoms with E-state index in [-0.39, 0.29) is 19.2 Å². The third kappa shape index (κ3) is 44.4. The summed E-state index contributed by atoms with van der Waals surface area (Å²) in [5.41, 5.74) is 0. The predicted octanol–water partition coefficient (Wildman–Crippen LogP) is 15.2. The minimum Gasteiger partial charge on any atom is -0.457 e. The zero-order chi connectivity index (χ0) is 38.4. The molecule has 308 valence electrons. The summed E-state index contributed by atoms with van der Waals surface area (Å²) in [7, 11) is 0. The van der Waals surface area contributed by atoms with Crippen LogP contribution in [-0.4, -0.2) is 37.0 Å². The first-order chi connectivity index (χ1) is 26.2. The van der Waals surface area contributed by atoms with E-state index in [1.807, 2.05) is 0 Å². The molecule has 0 aromatic heterocycles. The first-order valence-corrected chi connectivity index (χ1v) is 22.9. The summed E-state index contributed by atoms with van der Waals surface area (Å²) in [5.74, 6) is -0.207. The summed E-state index contributed by atoms with van der Waals surface area (Å²) in [5, 5.41) is 9.62. The SMILES string of the molecule is CC/C=C\C/C=C\C/C=C\C/C=C\CCCCCCCCCOCC(CO)OC(=O)CCCCCCCCCCC/C=C\CCCCCCCCCC. The monoisotopic (exact) mass is 741 g/mol. The molecule has 0 aliphatic carbocycles. The number of hydrogen-bond acceptors (Lipinski definition) is 4. The van der Waals surface area contributed by atoms with Gasteiger partial charge in [0.05, 0.1) is 13.2 Å². The van der Waals surface area contributed by atoms with Crippen LogP contribution in [0.4, 0.5) is 0 Å². The lowest BCUT2D eigenvalue weighted by atomic mass is 10.1. The van der Waals surface area contributed by atoms with Crippen LogP contribution in [0, 0.1) is 0 Å². The fraction of sp³-hybridized carbons (Fsp3) is 0.776. The Kier molecular flexibility index (Phi) is 44.6. The highest BCUT2D eigenvalue weighted by molar-refractivity contribution is 5.69. The first kappa shape index (κ1) is 51.1. The van der Waals surface area contributed by atoms with Gasteiger partial charge in [-0.05, 0) is 77.0 Å². The van der Waals surface area contributed by atoms with Gasteiger partial charge in [0, 0.05) is 13.0 Å². The van der Waals surface area contributed by atoms with E-state index in [0.717, 1.165) is 51.4 Å². The van der Waals surface area contributed by atoms with Gasteiger partial charge in [-0.15, -0.1) is 0 Å². The van der Waals surface area contributed by atoms with Crippen LogP contribution in [0.3, 0.4) is 0 Å². The van der Waals surface area contributed by atoms with Gasteiger partial charge >= 0.3 is 5.97 Å². The van der Waals surface area contributed by atoms with Crippen molar-refractivity contribution < 1.29 is 19.4 Å². The lowest BCUT2D eigenvalue weighted by Crippen LogP contribution is -2.27. The standard InChI is InChI=1S/C49H88O4/c1-3-5-7-9-11-13-15-17-19-21-23-25-26-28-30-32-34-36-38-40-42-44-49(51)53-48(46-50)47-52-45-43-41-39-37-35-33-31-29-27-24-22-20-18-16-14-12-10-8-6-4-2/h6,8,12,14,18,20-21,23-24,27,48,50H,3-5,7,9-11,13,15-17,19,22,25-26,28-47H2,1-2H3/b8-6-,14-12-,20-18-,23-21-,27-24-. The molecule has 1 atom stereocenters. The molecule has 1 N–H and O–H groups in total. The van der Waals surface area contributed by atoms with Crippen molar-refractivity contribution in [1.29, 1.82) is 0 Å². The number of unbranched alkanes of at least 4 members (excludes halogenated alkanes) is 24. The smallest absolute Gasteiger partial charge is 0.306 e. The number of hydrogen-bond donors (Lipinski definition) is 1. The van der Waals surface area contributed by atoms with E-state index in [2.05, 4.69) is 74.6 Å². The van der Waals surface area contributed by atoms with Crippen molar-refractivity contribution in [1.82, 2.24) is 0 Å². The second kappa shape index (κ2) is 46.2. The Morgan fingerprint density at radius 2 is 0.849 bits per heavy atom. The summed E-state index contributed by atoms with van der Waals surface area (Å²) in [6.07, 6.45) is 61.5. The molecule has 0 fully saturated rings. The van der Waals surface area contributed by atoms with E-state index < -0.39 is 6.10 Å². The second-order valence-electron chi connectivity index (χ2n) is 15.1. The van der Waals surface area contributed by atoms with Crippen LogP contribution < -0.4 is 0 Å². The number of allylic oxidation sites excluding steroid dienone is 10. The van der Waals surface area contributed by atoms with Crippen molar-refractivity contribution in [3.05, 3.63) is 60.8 Å². The highest BCUT2D eigenvalue weighted by atomic mass is 16.6. The van der Waals surface area contributed by atoms with Crippen LogP contribution in [0.5, 0.6) is 0 Å². The van der Waals surface area contributed by atoms with Crippen LogP contribution >= 0.6 is 0 Å². The minimum absolute atomic E-state index is 0.178. The van der Waals surface area contributed by atoms with Gasteiger partial charge in [-0.3, -0.25) is 4.79 Å². The molecule has 0 amide bonds. The molecule has 0 aliphatic heterocycles. The van der Waals surface area contributed by atoms with Crippen LogP contribution in [0.1, 0.15) is 219 Å². The van der Waals surface area contributed by atoms with E-state index in [0.29, 0.717) is 13.0 Å². The van der Waals surface area contributed by atoms with Crippen LogP contribution in [-0.2, 0) is 14.3 Å². The van der Waals surface area contributed by atoms with Gasteiger partial charge in [0.2, 0.25) is 0 Å². The first-order valence-electron chi connectivity index (χ1n) is 22.9. The number of aliphatic hydroxyl groups is 1. The Balaban J connectivity index is 3.45. The van der Waals surface area contributed by atoms with Crippen molar-refractivity contribution in [3.63, 3.8) is 0 Å². The Hall–Kier alpha value is -1.91. The van der Waals surface area contributed by atoms with Gasteiger partial charge in [-0.2, -0.15) is 0 Å². The van der Waals surface area contributed by atoms with Gasteiger partial charge in [-0.1, -0.05) is 197 Å². The van der Waals surface area contributed by atoms with Gasteiger partial charge in [0.1, 0.15) is 6.10 Å². The normalized spacial score (nSPS) is 12.9. The Morgan fingerprint density at radius 3 is 1.30 bits per heavy atom. The molecule has 0 saturated heterocycles. The molecular weight excluding hydrogens is 653 g/mol. The van der Waals surface area contributed by atoms with E-state index >= 15 is 0 Å². The molecular formula is C49H88O4. The zero-order valence-electron chi connectivity index (χ0n) is 35.3. The maximum absolute atomic E-state index is 12.2. The Morgan fingerprint density at radius 1 is 0.472 bits per heavy atom. The summed E-state index contributed by atoms with van der Waals surface area (Å²) in [6.45, 7) is 5.22. The molecule has 0 aromatic rings. The molecule has 0 saturated carbocycles. The average Bonchev–Trinajstić information content (AvgIpc) is 3.16. The number of esters is 1. The maximum Gasteiger partial charge on any atom is 0.306 e. The highest BCUT2D eigenvalue weighted by Crippen LogP contribution is 2.14. The molecule has 1 unspecified atom stereocenters. The van der Waals surface area contributed by atoms with Gasteiger partial charge in [0.25, 0.3) is 0 Å². The second-order valence-corrected chi connectivity index (χ2v) is 15.1. The maximum atomic E-state index is 12.2. The van der Waals surface area contributed by atoms with Crippen LogP contribution in [0.15, 0.2) is 60.8 Å². The number of rotatable bonds is 42. The molecule has 0 spiro atoms. The lowest BCUT2D eigenvalue weighted by Gasteiger charge is -2.16. The van der Waals surface area contributed by atoms with Crippen molar-refractivity contribution >= 4 is 5.97 Å². The van der Waals surface area contributed by atoms with Gasteiger partial charge < -0.3 is 14.6 Å². The number of aliphatic hydroxyl groups excluding tert-OH is 1. The van der Waals surface area contributed by atoms with E-state index in [4.69, 9.17) is 9.47 Å². The fourth-order valence-corrected chi connectivity index (χ4v) is 6.43. The van der Waals surface area contributed by atoms with Gasteiger partial charge in [-0.25, -0.2) is 0 Å². The highest BCUT2D eigenvalue weighted by Gasteiger charge is 2.13. The van der Waals surface area contributed by atoms with Gasteiger partial charge in [0.15, 0.2) is 0 Å². The summed E-state index contributed by atoms with van der Waals surface area (Å²) >= 11 is 0. The van der Waals surface area contributed by atoms with Crippen molar-refractivity contribution in [2.75, 3.05) is 19.8 Å². The molecule has 0 heterocycles. The molecule has 4 heteroatoms. The molecule has 0 aliphatic rings. The van der Waals surface area contributed by atoms with E-state index in [9.17, 15) is 9.90 Å². The quantitative estimate of drug-likeness (QED) is 0.0385. The number of carbonyl (C=O) groups is 1. The van der Waals surface area contributed by atoms with Crippen molar-refractivity contribution in [2.24, 2.45) is 0 Å². The summed E-state index contributed by atoms with van der Waals surface area (Å²) in [4.78, 5) is 12.2. The molecule has 4 nitrogen and oxygen atoms in total. The molecule has 53 heavy (non-hydrogen) atoms. The number of ether oxygens (including phenoxy) is 2. The third-order valence-corrected chi connectivity index (χ3v) is 9.83.